The number of imide groups is 1. The number of nitrogens with zero attached hydrogens (tertiary/aromatic N) is 1. The number of nitrogens with one attached hydrogen (secondary N) is 1. The van der Waals surface area contributed by atoms with Crippen molar-refractivity contribution < 1.29 is 18.8 Å². The number of carbonyl (C=O) groups is 3. The van der Waals surface area contributed by atoms with E-state index >= 15 is 0 Å². The molecule has 0 bridgehead atoms. The average molecular weight is 340 g/mol. The van der Waals surface area contributed by atoms with E-state index in [1.54, 1.807) is 12.1 Å². The largest absolute Gasteiger partial charge is 0.453 e. The number of carbonyl (C=O) groups excluding carboxylic acids is 3. The zero-order valence-electron chi connectivity index (χ0n) is 14.1. The van der Waals surface area contributed by atoms with Gasteiger partial charge in [0.2, 0.25) is 5.78 Å². The lowest BCUT2D eigenvalue weighted by atomic mass is 9.73. The topological polar surface area (TPSA) is 79.6 Å². The van der Waals surface area contributed by atoms with Crippen LogP contribution in [0, 0.1) is 5.92 Å². The van der Waals surface area contributed by atoms with Crippen molar-refractivity contribution in [2.45, 2.75) is 38.1 Å². The number of para-hydroxylation sites is 1. The van der Waals surface area contributed by atoms with Crippen LogP contribution in [0.5, 0.6) is 0 Å². The standard InChI is InChI=1S/C19H20N2O4/c1-12-6-4-5-9-19(12)17(23)21(18(24)20-19)11-14(22)16-10-13-7-2-3-8-15(13)25-16/h2-3,7-8,10,12H,4-6,9,11H2,1H3,(H,20,24)/t12-,19-/m0/s1. The molecule has 25 heavy (non-hydrogen) atoms. The lowest BCUT2D eigenvalue weighted by Gasteiger charge is -2.36. The summed E-state index contributed by atoms with van der Waals surface area (Å²) >= 11 is 0. The van der Waals surface area contributed by atoms with Crippen molar-refractivity contribution in [3.8, 4) is 0 Å². The van der Waals surface area contributed by atoms with Crippen LogP contribution >= 0.6 is 0 Å². The van der Waals surface area contributed by atoms with Crippen molar-refractivity contribution in [1.29, 1.82) is 0 Å². The van der Waals surface area contributed by atoms with Crippen molar-refractivity contribution in [1.82, 2.24) is 10.2 Å². The van der Waals surface area contributed by atoms with E-state index in [1.807, 2.05) is 25.1 Å². The summed E-state index contributed by atoms with van der Waals surface area (Å²) in [6, 6.07) is 8.47. The van der Waals surface area contributed by atoms with Crippen LogP contribution in [0.1, 0.15) is 43.2 Å². The number of amides is 3. The molecule has 2 aliphatic rings. The third kappa shape index (κ3) is 2.44. The van der Waals surface area contributed by atoms with Crippen molar-refractivity contribution in [2.24, 2.45) is 5.92 Å². The Balaban J connectivity index is 1.56. The summed E-state index contributed by atoms with van der Waals surface area (Å²) in [6.45, 7) is 1.70. The fraction of sp³-hybridized carbons (Fsp3) is 0.421. The Kier molecular flexibility index (Phi) is 3.63. The van der Waals surface area contributed by atoms with Crippen molar-refractivity contribution >= 4 is 28.7 Å². The number of furan rings is 1. The van der Waals surface area contributed by atoms with Gasteiger partial charge in [0.25, 0.3) is 5.91 Å². The number of hydrogen-bond acceptors (Lipinski definition) is 4. The van der Waals surface area contributed by atoms with Crippen LogP contribution in [-0.4, -0.2) is 34.7 Å². The summed E-state index contributed by atoms with van der Waals surface area (Å²) in [5, 5.41) is 3.68. The van der Waals surface area contributed by atoms with Gasteiger partial charge in [-0.2, -0.15) is 0 Å². The maximum atomic E-state index is 12.9. The van der Waals surface area contributed by atoms with E-state index in [4.69, 9.17) is 4.42 Å². The van der Waals surface area contributed by atoms with Gasteiger partial charge in [-0.1, -0.05) is 38.0 Å². The number of urea groups is 1. The van der Waals surface area contributed by atoms with Gasteiger partial charge in [-0.05, 0) is 30.9 Å². The van der Waals surface area contributed by atoms with Crippen LogP contribution in [0.15, 0.2) is 34.7 Å². The maximum absolute atomic E-state index is 12.9. The fourth-order valence-electron chi connectivity index (χ4n) is 3.98. The monoisotopic (exact) mass is 340 g/mol. The van der Waals surface area contributed by atoms with Crippen molar-refractivity contribution in [3.05, 3.63) is 36.1 Å². The Bertz CT molecular complexity index is 838. The van der Waals surface area contributed by atoms with Gasteiger partial charge in [0, 0.05) is 5.39 Å². The predicted molar refractivity (Wildman–Crippen MR) is 91.2 cm³/mol. The Morgan fingerprint density at radius 2 is 2.12 bits per heavy atom. The smallest absolute Gasteiger partial charge is 0.325 e. The molecule has 2 fully saturated rings. The molecule has 1 aliphatic carbocycles. The minimum Gasteiger partial charge on any atom is -0.453 e. The molecule has 6 nitrogen and oxygen atoms in total. The first-order valence-electron chi connectivity index (χ1n) is 8.67. The van der Waals surface area contributed by atoms with Gasteiger partial charge in [-0.15, -0.1) is 0 Å². The highest BCUT2D eigenvalue weighted by Crippen LogP contribution is 2.38. The van der Waals surface area contributed by atoms with Gasteiger partial charge in [0.1, 0.15) is 11.1 Å². The van der Waals surface area contributed by atoms with Crippen LogP contribution in [0.2, 0.25) is 0 Å². The molecule has 1 aliphatic heterocycles. The first-order chi connectivity index (χ1) is 12.0. The van der Waals surface area contributed by atoms with Crippen LogP contribution in [0.4, 0.5) is 4.79 Å². The SMILES string of the molecule is C[C@H]1CCCC[C@]12NC(=O)N(CC(=O)c1cc3ccccc3o1)C2=O. The van der Waals surface area contributed by atoms with E-state index in [9.17, 15) is 14.4 Å². The molecule has 0 unspecified atom stereocenters. The van der Waals surface area contributed by atoms with E-state index in [-0.39, 0.29) is 29.9 Å². The highest BCUT2D eigenvalue weighted by atomic mass is 16.3. The first kappa shape index (κ1) is 15.9. The van der Waals surface area contributed by atoms with Gasteiger partial charge in [0.05, 0.1) is 6.54 Å². The highest BCUT2D eigenvalue weighted by molar-refractivity contribution is 6.11. The molecule has 2 aromatic rings. The van der Waals surface area contributed by atoms with Gasteiger partial charge >= 0.3 is 6.03 Å². The molecular formula is C19H20N2O4. The second kappa shape index (κ2) is 5.72. The summed E-state index contributed by atoms with van der Waals surface area (Å²) < 4.78 is 5.55. The summed E-state index contributed by atoms with van der Waals surface area (Å²) in [6.07, 6.45) is 3.50. The zero-order valence-corrected chi connectivity index (χ0v) is 14.1. The van der Waals surface area contributed by atoms with Crippen LogP contribution in [-0.2, 0) is 4.79 Å². The fourth-order valence-corrected chi connectivity index (χ4v) is 3.98. The van der Waals surface area contributed by atoms with E-state index in [1.165, 1.54) is 0 Å². The number of hydrogen-bond donors (Lipinski definition) is 1. The van der Waals surface area contributed by atoms with Crippen molar-refractivity contribution in [2.75, 3.05) is 6.54 Å². The zero-order chi connectivity index (χ0) is 17.6. The molecule has 4 rings (SSSR count). The molecule has 2 atom stereocenters. The molecule has 2 heterocycles. The molecule has 1 saturated carbocycles. The third-order valence-electron chi connectivity index (χ3n) is 5.50. The number of fused-ring (bicyclic) bond motifs is 1. The van der Waals surface area contributed by atoms with E-state index in [2.05, 4.69) is 5.32 Å². The van der Waals surface area contributed by atoms with Gasteiger partial charge in [-0.3, -0.25) is 14.5 Å². The molecule has 130 valence electrons. The van der Waals surface area contributed by atoms with Crippen LogP contribution in [0.3, 0.4) is 0 Å². The Morgan fingerprint density at radius 1 is 1.32 bits per heavy atom. The van der Waals surface area contributed by atoms with Gasteiger partial charge in [0.15, 0.2) is 5.76 Å². The lowest BCUT2D eigenvalue weighted by Crippen LogP contribution is -2.54. The molecule has 0 radical (unpaired) electrons. The molecule has 1 saturated heterocycles. The quantitative estimate of drug-likeness (QED) is 0.688. The Labute approximate surface area is 145 Å². The van der Waals surface area contributed by atoms with Gasteiger partial charge in [-0.25, -0.2) is 4.79 Å². The molecule has 1 N–H and O–H groups in total. The molecule has 3 amide bonds. The maximum Gasteiger partial charge on any atom is 0.325 e. The molecule has 6 heteroatoms. The number of benzene rings is 1. The van der Waals surface area contributed by atoms with E-state index in [0.717, 1.165) is 29.5 Å². The Hall–Kier alpha value is -2.63. The second-order valence-corrected chi connectivity index (χ2v) is 7.01. The minimum absolute atomic E-state index is 0.0732. The summed E-state index contributed by atoms with van der Waals surface area (Å²) in [7, 11) is 0. The van der Waals surface area contributed by atoms with Crippen LogP contribution in [0.25, 0.3) is 11.0 Å². The summed E-state index contributed by atoms with van der Waals surface area (Å²) in [4.78, 5) is 38.8. The second-order valence-electron chi connectivity index (χ2n) is 7.01. The average Bonchev–Trinajstić information content (AvgIpc) is 3.13. The van der Waals surface area contributed by atoms with Crippen LogP contribution < -0.4 is 5.32 Å². The van der Waals surface area contributed by atoms with Crippen molar-refractivity contribution in [3.63, 3.8) is 0 Å². The minimum atomic E-state index is -0.844. The Morgan fingerprint density at radius 3 is 2.88 bits per heavy atom. The molecule has 1 spiro atoms. The first-order valence-corrected chi connectivity index (χ1v) is 8.67. The summed E-state index contributed by atoms with van der Waals surface area (Å²) in [5.41, 5.74) is -0.232. The third-order valence-corrected chi connectivity index (χ3v) is 5.50. The number of rotatable bonds is 3. The summed E-state index contributed by atoms with van der Waals surface area (Å²) in [5.74, 6) is -0.419. The predicted octanol–water partition coefficient (Wildman–Crippen LogP) is 3.12. The van der Waals surface area contributed by atoms with E-state index < -0.39 is 11.6 Å². The van der Waals surface area contributed by atoms with E-state index in [0.29, 0.717) is 12.0 Å². The molecule has 1 aromatic heterocycles. The number of ketones is 1. The highest BCUT2D eigenvalue weighted by Gasteiger charge is 2.55. The normalized spacial score (nSPS) is 26.4. The molecule has 1 aromatic carbocycles. The molecular weight excluding hydrogens is 320 g/mol. The number of Topliss-reactive ketones (excluding diaryl/α,β-unsaturated/α-hetero) is 1. The van der Waals surface area contributed by atoms with Gasteiger partial charge < -0.3 is 9.73 Å². The lowest BCUT2D eigenvalue weighted by molar-refractivity contribution is -0.133.